The number of amides is 1. The molecule has 1 aromatic rings. The molecule has 0 N–H and O–H groups in total. The van der Waals surface area contributed by atoms with Crippen LogP contribution >= 0.6 is 26.6 Å². The lowest BCUT2D eigenvalue weighted by molar-refractivity contribution is 0.0666. The van der Waals surface area contributed by atoms with Gasteiger partial charge in [0.25, 0.3) is 15.0 Å². The van der Waals surface area contributed by atoms with Crippen LogP contribution in [0.5, 0.6) is 0 Å². The first-order chi connectivity index (χ1) is 8.72. The van der Waals surface area contributed by atoms with E-state index in [0.29, 0.717) is 6.54 Å². The summed E-state index contributed by atoms with van der Waals surface area (Å²) in [5.41, 5.74) is 0. The Morgan fingerprint density at radius 3 is 2.47 bits per heavy atom. The first-order valence-corrected chi connectivity index (χ1v) is 8.87. The number of rotatable bonds is 5. The molecule has 5 nitrogen and oxygen atoms in total. The molecule has 0 bridgehead atoms. The Balaban J connectivity index is 3.14. The lowest BCUT2D eigenvalue weighted by Crippen LogP contribution is -2.37. The minimum atomic E-state index is -3.94. The van der Waals surface area contributed by atoms with Crippen molar-refractivity contribution >= 4 is 41.6 Å². The molecule has 108 valence electrons. The van der Waals surface area contributed by atoms with Crippen LogP contribution in [0.1, 0.15) is 37.7 Å². The number of hydrogen-bond acceptors (Lipinski definition) is 4. The van der Waals surface area contributed by atoms with Gasteiger partial charge in [0.2, 0.25) is 0 Å². The molecular formula is C11H15BrClNO4S. The van der Waals surface area contributed by atoms with Gasteiger partial charge in [-0.2, -0.15) is 0 Å². The normalized spacial score (nSPS) is 13.3. The number of halogens is 2. The van der Waals surface area contributed by atoms with Gasteiger partial charge in [0.1, 0.15) is 4.90 Å². The minimum absolute atomic E-state index is 0.0393. The summed E-state index contributed by atoms with van der Waals surface area (Å²) >= 11 is 2.95. The van der Waals surface area contributed by atoms with Crippen molar-refractivity contribution in [3.63, 3.8) is 0 Å². The molecule has 0 spiro atoms. The van der Waals surface area contributed by atoms with Crippen molar-refractivity contribution in [3.05, 3.63) is 16.5 Å². The summed E-state index contributed by atoms with van der Waals surface area (Å²) in [6.45, 7) is 6.24. The van der Waals surface area contributed by atoms with Gasteiger partial charge in [-0.25, -0.2) is 8.42 Å². The molecule has 0 aliphatic rings. The van der Waals surface area contributed by atoms with E-state index in [1.165, 1.54) is 0 Å². The van der Waals surface area contributed by atoms with Crippen molar-refractivity contribution in [2.75, 3.05) is 6.54 Å². The molecule has 0 aliphatic heterocycles. The van der Waals surface area contributed by atoms with E-state index in [-0.39, 0.29) is 27.3 Å². The molecule has 1 unspecified atom stereocenters. The maximum atomic E-state index is 12.2. The molecule has 1 atom stereocenters. The fourth-order valence-electron chi connectivity index (χ4n) is 1.64. The monoisotopic (exact) mass is 371 g/mol. The van der Waals surface area contributed by atoms with Gasteiger partial charge < -0.3 is 9.32 Å². The predicted octanol–water partition coefficient (Wildman–Crippen LogP) is 3.23. The van der Waals surface area contributed by atoms with Gasteiger partial charge in [-0.1, -0.05) is 6.92 Å². The van der Waals surface area contributed by atoms with E-state index in [1.807, 2.05) is 20.8 Å². The highest BCUT2D eigenvalue weighted by atomic mass is 79.9. The molecule has 1 rings (SSSR count). The summed E-state index contributed by atoms with van der Waals surface area (Å²) in [5.74, 6) is -0.405. The first kappa shape index (κ1) is 16.5. The fraction of sp³-hybridized carbons (Fsp3) is 0.545. The Morgan fingerprint density at radius 2 is 2.11 bits per heavy atom. The summed E-state index contributed by atoms with van der Waals surface area (Å²) in [6, 6.07) is 1.18. The minimum Gasteiger partial charge on any atom is -0.443 e. The Hall–Kier alpha value is -0.530. The van der Waals surface area contributed by atoms with Crippen LogP contribution in [-0.2, 0) is 9.05 Å². The molecule has 19 heavy (non-hydrogen) atoms. The smallest absolute Gasteiger partial charge is 0.289 e. The van der Waals surface area contributed by atoms with E-state index in [4.69, 9.17) is 15.1 Å². The SMILES string of the molecule is CCC(C)N(CC)C(=O)c1cc(S(=O)(=O)Cl)c(Br)o1. The van der Waals surface area contributed by atoms with Crippen molar-refractivity contribution in [1.82, 2.24) is 4.90 Å². The van der Waals surface area contributed by atoms with E-state index < -0.39 is 9.05 Å². The Labute approximate surface area is 125 Å². The second kappa shape index (κ2) is 6.28. The van der Waals surface area contributed by atoms with Crippen molar-refractivity contribution < 1.29 is 17.6 Å². The number of nitrogens with zero attached hydrogens (tertiary/aromatic N) is 1. The fourth-order valence-corrected chi connectivity index (χ4v) is 3.67. The van der Waals surface area contributed by atoms with Crippen molar-refractivity contribution in [1.29, 1.82) is 0 Å². The van der Waals surface area contributed by atoms with Crippen LogP contribution < -0.4 is 0 Å². The van der Waals surface area contributed by atoms with Gasteiger partial charge >= 0.3 is 0 Å². The molecule has 1 heterocycles. The summed E-state index contributed by atoms with van der Waals surface area (Å²) in [5, 5.41) is 0. The molecule has 8 heteroatoms. The van der Waals surface area contributed by atoms with Crippen LogP contribution in [0.15, 0.2) is 20.0 Å². The van der Waals surface area contributed by atoms with E-state index in [0.717, 1.165) is 12.5 Å². The van der Waals surface area contributed by atoms with Crippen LogP contribution in [-0.4, -0.2) is 31.8 Å². The molecular weight excluding hydrogens is 358 g/mol. The van der Waals surface area contributed by atoms with Gasteiger partial charge in [-0.15, -0.1) is 0 Å². The van der Waals surface area contributed by atoms with E-state index in [2.05, 4.69) is 15.9 Å². The van der Waals surface area contributed by atoms with Gasteiger partial charge in [-0.3, -0.25) is 4.79 Å². The third kappa shape index (κ3) is 3.73. The third-order valence-corrected chi connectivity index (χ3v) is 5.03. The first-order valence-electron chi connectivity index (χ1n) is 5.77. The number of furan rings is 1. The van der Waals surface area contributed by atoms with Crippen LogP contribution in [0.2, 0.25) is 0 Å². The molecule has 0 saturated heterocycles. The third-order valence-electron chi connectivity index (χ3n) is 2.85. The van der Waals surface area contributed by atoms with Crippen molar-refractivity contribution in [2.24, 2.45) is 0 Å². The Kier molecular flexibility index (Phi) is 5.46. The number of carbonyl (C=O) groups excluding carboxylic acids is 1. The molecule has 0 saturated carbocycles. The number of carbonyl (C=O) groups is 1. The van der Waals surface area contributed by atoms with E-state index in [9.17, 15) is 13.2 Å². The average Bonchev–Trinajstić information content (AvgIpc) is 2.71. The zero-order valence-electron chi connectivity index (χ0n) is 10.8. The summed E-state index contributed by atoms with van der Waals surface area (Å²) in [6.07, 6.45) is 0.794. The van der Waals surface area contributed by atoms with Crippen molar-refractivity contribution in [3.8, 4) is 0 Å². The zero-order chi connectivity index (χ0) is 14.8. The molecule has 0 radical (unpaired) electrons. The van der Waals surface area contributed by atoms with Gasteiger partial charge in [0.15, 0.2) is 10.4 Å². The lowest BCUT2D eigenvalue weighted by Gasteiger charge is -2.26. The molecule has 0 fully saturated rings. The van der Waals surface area contributed by atoms with Crippen molar-refractivity contribution in [2.45, 2.75) is 38.1 Å². The molecule has 0 aromatic carbocycles. The summed E-state index contributed by atoms with van der Waals surface area (Å²) in [7, 11) is 1.30. The zero-order valence-corrected chi connectivity index (χ0v) is 14.0. The number of hydrogen-bond donors (Lipinski definition) is 0. The van der Waals surface area contributed by atoms with Crippen LogP contribution in [0.4, 0.5) is 0 Å². The summed E-state index contributed by atoms with van der Waals surface area (Å²) < 4.78 is 27.6. The topological polar surface area (TPSA) is 67.6 Å². The Morgan fingerprint density at radius 1 is 1.53 bits per heavy atom. The highest BCUT2D eigenvalue weighted by Crippen LogP contribution is 2.29. The van der Waals surface area contributed by atoms with Gasteiger partial charge in [0.05, 0.1) is 0 Å². The van der Waals surface area contributed by atoms with Crippen LogP contribution in [0.25, 0.3) is 0 Å². The standard InChI is InChI=1S/C11H15BrClNO4S/c1-4-7(3)14(5-2)11(15)8-6-9(10(12)18-8)19(13,16)17/h6-7H,4-5H2,1-3H3. The lowest BCUT2D eigenvalue weighted by atomic mass is 10.2. The van der Waals surface area contributed by atoms with E-state index in [1.54, 1.807) is 4.90 Å². The van der Waals surface area contributed by atoms with E-state index >= 15 is 0 Å². The van der Waals surface area contributed by atoms with Gasteiger partial charge in [0, 0.05) is 29.3 Å². The maximum absolute atomic E-state index is 12.2. The second-order valence-corrected chi connectivity index (χ2v) is 7.29. The highest BCUT2D eigenvalue weighted by Gasteiger charge is 2.27. The Bertz CT molecular complexity index is 569. The second-order valence-electron chi connectivity index (χ2n) is 4.03. The van der Waals surface area contributed by atoms with Gasteiger partial charge in [-0.05, 0) is 36.2 Å². The molecule has 1 aromatic heterocycles. The van der Waals surface area contributed by atoms with Crippen LogP contribution in [0.3, 0.4) is 0 Å². The predicted molar refractivity (Wildman–Crippen MR) is 75.9 cm³/mol. The van der Waals surface area contributed by atoms with Crippen LogP contribution in [0, 0.1) is 0 Å². The average molecular weight is 373 g/mol. The maximum Gasteiger partial charge on any atom is 0.289 e. The molecule has 1 amide bonds. The largest absolute Gasteiger partial charge is 0.443 e. The molecule has 0 aliphatic carbocycles. The quantitative estimate of drug-likeness (QED) is 0.744. The highest BCUT2D eigenvalue weighted by molar-refractivity contribution is 9.10. The summed E-state index contributed by atoms with van der Waals surface area (Å²) in [4.78, 5) is 13.6.